The van der Waals surface area contributed by atoms with Crippen LogP contribution in [0.2, 0.25) is 0 Å². The van der Waals surface area contributed by atoms with Crippen LogP contribution in [0, 0.1) is 0 Å². The molecule has 0 unspecified atom stereocenters. The summed E-state index contributed by atoms with van der Waals surface area (Å²) in [6, 6.07) is 3.79. The van der Waals surface area contributed by atoms with E-state index in [9.17, 15) is 9.59 Å². The van der Waals surface area contributed by atoms with Crippen molar-refractivity contribution in [1.29, 1.82) is 0 Å². The van der Waals surface area contributed by atoms with Gasteiger partial charge in [-0.15, -0.1) is 11.3 Å². The van der Waals surface area contributed by atoms with Gasteiger partial charge in [0.1, 0.15) is 12.4 Å². The number of thiophene rings is 1. The lowest BCUT2D eigenvalue weighted by molar-refractivity contribution is -0.118. The number of ether oxygens (including phenoxy) is 1. The fourth-order valence-corrected chi connectivity index (χ4v) is 4.17. The van der Waals surface area contributed by atoms with Crippen LogP contribution < -0.4 is 5.73 Å². The van der Waals surface area contributed by atoms with Gasteiger partial charge < -0.3 is 19.9 Å². The number of primary amides is 1. The van der Waals surface area contributed by atoms with E-state index in [4.69, 9.17) is 10.5 Å². The normalized spacial score (nSPS) is 17.6. The summed E-state index contributed by atoms with van der Waals surface area (Å²) in [4.78, 5) is 32.0. The van der Waals surface area contributed by atoms with E-state index in [1.165, 1.54) is 11.3 Å². The zero-order chi connectivity index (χ0) is 17.8. The Bertz CT molecular complexity index is 755. The van der Waals surface area contributed by atoms with Crippen LogP contribution in [-0.2, 0) is 22.7 Å². The van der Waals surface area contributed by atoms with Crippen molar-refractivity contribution in [3.8, 4) is 0 Å². The van der Waals surface area contributed by atoms with Crippen molar-refractivity contribution < 1.29 is 14.3 Å². The Morgan fingerprint density at radius 2 is 2.28 bits per heavy atom. The molecule has 0 aromatic carbocycles. The molecule has 7 nitrogen and oxygen atoms in total. The first-order valence-corrected chi connectivity index (χ1v) is 9.06. The maximum atomic E-state index is 12.8. The molecule has 3 rings (SSSR count). The third kappa shape index (κ3) is 4.08. The molecule has 8 heteroatoms. The molecule has 2 aromatic heterocycles. The van der Waals surface area contributed by atoms with Gasteiger partial charge in [-0.1, -0.05) is 0 Å². The second-order valence-corrected chi connectivity index (χ2v) is 7.34. The lowest BCUT2D eigenvalue weighted by Gasteiger charge is -2.32. The number of likely N-dealkylation sites (tertiary alicyclic amines) is 1. The second kappa shape index (κ2) is 7.79. The fourth-order valence-electron chi connectivity index (χ4n) is 3.22. The number of hydrogen-bond donors (Lipinski definition) is 1. The zero-order valence-corrected chi connectivity index (χ0v) is 15.0. The van der Waals surface area contributed by atoms with Crippen molar-refractivity contribution in [3.05, 3.63) is 40.1 Å². The first-order chi connectivity index (χ1) is 12.1. The SMILES string of the molecule is COCc1ccc(C(=O)N2CCC[C@@H](c3nccn3CC(N)=O)C2)s1. The molecule has 1 aliphatic rings. The average molecular weight is 362 g/mol. The maximum absolute atomic E-state index is 12.8. The van der Waals surface area contributed by atoms with Crippen molar-refractivity contribution >= 4 is 23.2 Å². The number of aromatic nitrogens is 2. The number of nitrogens with two attached hydrogens (primary N) is 1. The molecule has 1 saturated heterocycles. The lowest BCUT2D eigenvalue weighted by Crippen LogP contribution is -2.39. The molecule has 0 saturated carbocycles. The van der Waals surface area contributed by atoms with Gasteiger partial charge in [-0.3, -0.25) is 9.59 Å². The van der Waals surface area contributed by atoms with E-state index < -0.39 is 5.91 Å². The van der Waals surface area contributed by atoms with Crippen molar-refractivity contribution in [2.75, 3.05) is 20.2 Å². The fraction of sp³-hybridized carbons (Fsp3) is 0.471. The number of piperidine rings is 1. The Kier molecular flexibility index (Phi) is 5.50. The smallest absolute Gasteiger partial charge is 0.263 e. The quantitative estimate of drug-likeness (QED) is 0.845. The van der Waals surface area contributed by atoms with Gasteiger partial charge in [0, 0.05) is 43.4 Å². The maximum Gasteiger partial charge on any atom is 0.263 e. The Hall–Kier alpha value is -2.19. The minimum absolute atomic E-state index is 0.0464. The molecule has 3 heterocycles. The van der Waals surface area contributed by atoms with Crippen LogP contribution in [0.5, 0.6) is 0 Å². The lowest BCUT2D eigenvalue weighted by atomic mass is 9.97. The molecule has 25 heavy (non-hydrogen) atoms. The summed E-state index contributed by atoms with van der Waals surface area (Å²) < 4.78 is 6.89. The average Bonchev–Trinajstić information content (AvgIpc) is 3.24. The molecule has 0 aliphatic carbocycles. The third-order valence-corrected chi connectivity index (χ3v) is 5.35. The van der Waals surface area contributed by atoms with Gasteiger partial charge in [-0.2, -0.15) is 0 Å². The predicted molar refractivity (Wildman–Crippen MR) is 94.3 cm³/mol. The standard InChI is InChI=1S/C17H22N4O3S/c1-24-11-13-4-5-14(25-13)17(23)21-7-2-3-12(9-21)16-19-6-8-20(16)10-15(18)22/h4-6,8,12H,2-3,7,9-11H2,1H3,(H2,18,22)/t12-/m1/s1. The van der Waals surface area contributed by atoms with Gasteiger partial charge >= 0.3 is 0 Å². The van der Waals surface area contributed by atoms with Crippen molar-refractivity contribution in [1.82, 2.24) is 14.5 Å². The topological polar surface area (TPSA) is 90.4 Å². The Morgan fingerprint density at radius 1 is 1.44 bits per heavy atom. The molecular weight excluding hydrogens is 340 g/mol. The van der Waals surface area contributed by atoms with Gasteiger partial charge in [-0.05, 0) is 25.0 Å². The first-order valence-electron chi connectivity index (χ1n) is 8.24. The number of carbonyl (C=O) groups excluding carboxylic acids is 2. The minimum atomic E-state index is -0.396. The Labute approximate surface area is 150 Å². The van der Waals surface area contributed by atoms with Gasteiger partial charge in [0.15, 0.2) is 0 Å². The molecule has 134 valence electrons. The number of methoxy groups -OCH3 is 1. The summed E-state index contributed by atoms with van der Waals surface area (Å²) >= 11 is 1.47. The van der Waals surface area contributed by atoms with Crippen LogP contribution in [0.4, 0.5) is 0 Å². The highest BCUT2D eigenvalue weighted by Gasteiger charge is 2.28. The van der Waals surface area contributed by atoms with E-state index in [2.05, 4.69) is 4.98 Å². The van der Waals surface area contributed by atoms with Crippen LogP contribution in [0.25, 0.3) is 0 Å². The molecular formula is C17H22N4O3S. The molecule has 2 N–H and O–H groups in total. The molecule has 1 aliphatic heterocycles. The van der Waals surface area contributed by atoms with Gasteiger partial charge in [-0.25, -0.2) is 4.98 Å². The van der Waals surface area contributed by atoms with Crippen molar-refractivity contribution in [2.45, 2.75) is 31.9 Å². The van der Waals surface area contributed by atoms with Gasteiger partial charge in [0.05, 0.1) is 11.5 Å². The van der Waals surface area contributed by atoms with E-state index >= 15 is 0 Å². The zero-order valence-electron chi connectivity index (χ0n) is 14.2. The van der Waals surface area contributed by atoms with Crippen molar-refractivity contribution in [3.63, 3.8) is 0 Å². The molecule has 1 atom stereocenters. The van der Waals surface area contributed by atoms with E-state index in [1.54, 1.807) is 24.1 Å². The van der Waals surface area contributed by atoms with E-state index in [-0.39, 0.29) is 18.4 Å². The number of carbonyl (C=O) groups is 2. The minimum Gasteiger partial charge on any atom is -0.379 e. The molecule has 0 bridgehead atoms. The van der Waals surface area contributed by atoms with Gasteiger partial charge in [0.25, 0.3) is 5.91 Å². The Balaban J connectivity index is 1.71. The highest BCUT2D eigenvalue weighted by atomic mass is 32.1. The van der Waals surface area contributed by atoms with E-state index in [0.29, 0.717) is 13.2 Å². The van der Waals surface area contributed by atoms with Crippen LogP contribution in [0.3, 0.4) is 0 Å². The molecule has 0 spiro atoms. The van der Waals surface area contributed by atoms with Crippen LogP contribution in [-0.4, -0.2) is 46.5 Å². The largest absolute Gasteiger partial charge is 0.379 e. The second-order valence-electron chi connectivity index (χ2n) is 6.17. The summed E-state index contributed by atoms with van der Waals surface area (Å²) in [5.74, 6) is 0.588. The monoisotopic (exact) mass is 362 g/mol. The molecule has 2 amide bonds. The van der Waals surface area contributed by atoms with Crippen LogP contribution in [0.1, 0.15) is 39.1 Å². The third-order valence-electron chi connectivity index (χ3n) is 4.31. The van der Waals surface area contributed by atoms with Crippen LogP contribution >= 0.6 is 11.3 Å². The summed E-state index contributed by atoms with van der Waals surface area (Å²) in [5, 5.41) is 0. The Morgan fingerprint density at radius 3 is 3.04 bits per heavy atom. The summed E-state index contributed by atoms with van der Waals surface area (Å²) in [7, 11) is 1.64. The molecule has 2 aromatic rings. The summed E-state index contributed by atoms with van der Waals surface area (Å²) in [5.41, 5.74) is 5.30. The first kappa shape index (κ1) is 17.6. The highest BCUT2D eigenvalue weighted by Crippen LogP contribution is 2.28. The number of amides is 2. The predicted octanol–water partition coefficient (Wildman–Crippen LogP) is 1.60. The summed E-state index contributed by atoms with van der Waals surface area (Å²) in [6.07, 6.45) is 5.29. The number of rotatable bonds is 6. The number of nitrogens with zero attached hydrogens (tertiary/aromatic N) is 3. The highest BCUT2D eigenvalue weighted by molar-refractivity contribution is 7.14. The van der Waals surface area contributed by atoms with Gasteiger partial charge in [0.2, 0.25) is 5.91 Å². The molecule has 0 radical (unpaired) electrons. The number of hydrogen-bond acceptors (Lipinski definition) is 5. The summed E-state index contributed by atoms with van der Waals surface area (Å²) in [6.45, 7) is 1.98. The van der Waals surface area contributed by atoms with E-state index in [0.717, 1.165) is 35.0 Å². The number of imidazole rings is 1. The van der Waals surface area contributed by atoms with Crippen molar-refractivity contribution in [2.24, 2.45) is 5.73 Å². The van der Waals surface area contributed by atoms with E-state index in [1.807, 2.05) is 17.0 Å². The van der Waals surface area contributed by atoms with Crippen LogP contribution in [0.15, 0.2) is 24.5 Å². The molecule has 1 fully saturated rings.